The fraction of sp³-hybridized carbons (Fsp3) is 0.533. The highest BCUT2D eigenvalue weighted by atomic mass is 16.6. The van der Waals surface area contributed by atoms with Crippen molar-refractivity contribution in [3.8, 4) is 0 Å². The van der Waals surface area contributed by atoms with Crippen LogP contribution in [0, 0.1) is 0 Å². The molecule has 0 unspecified atom stereocenters. The van der Waals surface area contributed by atoms with Crippen LogP contribution in [-0.2, 0) is 10.6 Å². The number of nitrogens with one attached hydrogen (secondary N) is 1. The van der Waals surface area contributed by atoms with Gasteiger partial charge in [0.25, 0.3) is 0 Å². The molecule has 1 saturated heterocycles. The Balaban J connectivity index is 1.94. The number of aromatic nitrogens is 4. The first-order chi connectivity index (χ1) is 12.0. The second-order valence-electron chi connectivity index (χ2n) is 5.87. The summed E-state index contributed by atoms with van der Waals surface area (Å²) in [6, 6.07) is 0. The van der Waals surface area contributed by atoms with Crippen molar-refractivity contribution >= 4 is 17.0 Å². The molecule has 0 spiro atoms. The van der Waals surface area contributed by atoms with Crippen molar-refractivity contribution in [1.82, 2.24) is 24.8 Å². The number of aliphatic hydroxyl groups excluding tert-OH is 2. The van der Waals surface area contributed by atoms with Crippen LogP contribution in [-0.4, -0.2) is 61.6 Å². The number of hydrogen-bond acceptors (Lipinski definition) is 9. The minimum absolute atomic E-state index is 0.228. The molecule has 0 saturated carbocycles. The van der Waals surface area contributed by atoms with Gasteiger partial charge in [0.2, 0.25) is 5.85 Å². The van der Waals surface area contributed by atoms with E-state index in [2.05, 4.69) is 20.3 Å². The maximum absolute atomic E-state index is 10.7. The van der Waals surface area contributed by atoms with Crippen LogP contribution in [0.1, 0.15) is 12.8 Å². The van der Waals surface area contributed by atoms with E-state index in [9.17, 15) is 10.2 Å². The van der Waals surface area contributed by atoms with Crippen LogP contribution in [0.25, 0.3) is 11.2 Å². The summed E-state index contributed by atoms with van der Waals surface area (Å²) in [6.07, 6.45) is 4.86. The van der Waals surface area contributed by atoms with Crippen LogP contribution in [0.4, 0.5) is 5.82 Å². The smallest absolute Gasteiger partial charge is 0.234 e. The average Bonchev–Trinajstić information content (AvgIpc) is 3.15. The van der Waals surface area contributed by atoms with Crippen LogP contribution in [0.5, 0.6) is 0 Å². The van der Waals surface area contributed by atoms with Gasteiger partial charge in [-0.05, 0) is 19.9 Å². The summed E-state index contributed by atoms with van der Waals surface area (Å²) in [4.78, 5) is 12.3. The number of imidazole rings is 1. The minimum Gasteiger partial charge on any atom is -0.387 e. The molecule has 1 aliphatic heterocycles. The van der Waals surface area contributed by atoms with Gasteiger partial charge in [-0.15, -0.1) is 0 Å². The van der Waals surface area contributed by atoms with Crippen LogP contribution in [0.2, 0.25) is 0 Å². The Morgan fingerprint density at radius 2 is 2.16 bits per heavy atom. The molecule has 2 aromatic heterocycles. The number of nitrogen functional groups attached to an aromatic ring is 1. The zero-order chi connectivity index (χ0) is 18.0. The van der Waals surface area contributed by atoms with E-state index in [-0.39, 0.29) is 5.82 Å². The molecule has 0 aromatic carbocycles. The third kappa shape index (κ3) is 2.87. The Morgan fingerprint density at radius 3 is 2.88 bits per heavy atom. The van der Waals surface area contributed by atoms with E-state index in [1.165, 1.54) is 17.2 Å². The molecule has 0 bridgehead atoms. The molecule has 0 amide bonds. The number of allylic oxidation sites excluding steroid dienone is 1. The van der Waals surface area contributed by atoms with E-state index < -0.39 is 24.2 Å². The number of rotatable bonds is 6. The number of nitrogens with two attached hydrogens (primary N) is 2. The Hall–Kier alpha value is -2.11. The number of ether oxygens (including phenoxy) is 1. The largest absolute Gasteiger partial charge is 0.387 e. The van der Waals surface area contributed by atoms with Crippen LogP contribution in [0.3, 0.4) is 0 Å². The van der Waals surface area contributed by atoms with E-state index in [4.69, 9.17) is 16.2 Å². The van der Waals surface area contributed by atoms with Crippen molar-refractivity contribution in [3.63, 3.8) is 0 Å². The van der Waals surface area contributed by atoms with Gasteiger partial charge < -0.3 is 26.4 Å². The second kappa shape index (κ2) is 7.02. The van der Waals surface area contributed by atoms with E-state index in [0.29, 0.717) is 30.6 Å². The summed E-state index contributed by atoms with van der Waals surface area (Å²) in [7, 11) is 1.63. The second-order valence-corrected chi connectivity index (χ2v) is 5.87. The number of fused-ring (bicyclic) bond motifs is 1. The number of nitrogens with zero attached hydrogens (tertiary/aromatic N) is 4. The topological polar surface area (TPSA) is 157 Å². The fourth-order valence-electron chi connectivity index (χ4n) is 3.13. The van der Waals surface area contributed by atoms with Gasteiger partial charge in [-0.3, -0.25) is 9.88 Å². The van der Waals surface area contributed by atoms with E-state index in [1.807, 2.05) is 12.2 Å². The zero-order valence-corrected chi connectivity index (χ0v) is 13.9. The summed E-state index contributed by atoms with van der Waals surface area (Å²) in [5, 5.41) is 24.1. The van der Waals surface area contributed by atoms with E-state index in [0.717, 1.165) is 0 Å². The SMILES string of the molecule is CN[C@@]1(n2cnc3c(N)ncnc32)O[C@H](CCC=CCN)[C@@H](O)[C@H]1O. The van der Waals surface area contributed by atoms with Crippen molar-refractivity contribution in [2.24, 2.45) is 5.73 Å². The molecule has 4 atom stereocenters. The summed E-state index contributed by atoms with van der Waals surface area (Å²) in [6.45, 7) is 0.458. The molecule has 1 aliphatic rings. The van der Waals surface area contributed by atoms with Gasteiger partial charge >= 0.3 is 0 Å². The molecule has 10 heteroatoms. The lowest BCUT2D eigenvalue weighted by Gasteiger charge is -2.33. The maximum Gasteiger partial charge on any atom is 0.234 e. The molecule has 0 aliphatic carbocycles. The van der Waals surface area contributed by atoms with Gasteiger partial charge in [-0.1, -0.05) is 12.2 Å². The maximum atomic E-state index is 10.7. The third-order valence-corrected chi connectivity index (χ3v) is 4.43. The molecule has 25 heavy (non-hydrogen) atoms. The summed E-state index contributed by atoms with van der Waals surface area (Å²) < 4.78 is 7.57. The first-order valence-electron chi connectivity index (χ1n) is 8.07. The highest BCUT2D eigenvalue weighted by Gasteiger charge is 2.55. The number of anilines is 1. The molecule has 2 aromatic rings. The Morgan fingerprint density at radius 1 is 1.36 bits per heavy atom. The van der Waals surface area contributed by atoms with Gasteiger partial charge in [0, 0.05) is 6.54 Å². The average molecular weight is 349 g/mol. The Bertz CT molecular complexity index is 765. The molecule has 136 valence electrons. The van der Waals surface area contributed by atoms with Crippen LogP contribution in [0.15, 0.2) is 24.8 Å². The van der Waals surface area contributed by atoms with Gasteiger partial charge in [0.1, 0.15) is 30.4 Å². The van der Waals surface area contributed by atoms with Gasteiger partial charge in [0.05, 0.1) is 6.10 Å². The predicted octanol–water partition coefficient (Wildman–Crippen LogP) is -1.35. The summed E-state index contributed by atoms with van der Waals surface area (Å²) in [5.74, 6) is -1.18. The van der Waals surface area contributed by atoms with Crippen LogP contribution >= 0.6 is 0 Å². The molecule has 0 radical (unpaired) electrons. The lowest BCUT2D eigenvalue weighted by molar-refractivity contribution is -0.159. The van der Waals surface area contributed by atoms with Crippen molar-refractivity contribution in [3.05, 3.63) is 24.8 Å². The van der Waals surface area contributed by atoms with E-state index >= 15 is 0 Å². The van der Waals surface area contributed by atoms with Crippen molar-refractivity contribution in [2.45, 2.75) is 37.0 Å². The summed E-state index contributed by atoms with van der Waals surface area (Å²) >= 11 is 0. The van der Waals surface area contributed by atoms with Gasteiger partial charge in [0.15, 0.2) is 11.5 Å². The molecule has 10 nitrogen and oxygen atoms in total. The molecule has 3 heterocycles. The van der Waals surface area contributed by atoms with Gasteiger partial charge in [-0.2, -0.15) is 0 Å². The van der Waals surface area contributed by atoms with Crippen molar-refractivity contribution in [2.75, 3.05) is 19.3 Å². The summed E-state index contributed by atoms with van der Waals surface area (Å²) in [5.41, 5.74) is 12.0. The first kappa shape index (κ1) is 17.7. The molecule has 7 N–H and O–H groups in total. The quantitative estimate of drug-likeness (QED) is 0.398. The van der Waals surface area contributed by atoms with Gasteiger partial charge in [-0.25, -0.2) is 15.0 Å². The lowest BCUT2D eigenvalue weighted by atomic mass is 10.0. The molecule has 3 rings (SSSR count). The van der Waals surface area contributed by atoms with E-state index in [1.54, 1.807) is 7.05 Å². The lowest BCUT2D eigenvalue weighted by Crippen LogP contribution is -2.54. The number of likely N-dealkylation sites (N-methyl/N-ethyl adjacent to an activating group) is 1. The highest BCUT2D eigenvalue weighted by molar-refractivity contribution is 5.81. The minimum atomic E-state index is -1.41. The van der Waals surface area contributed by atoms with Crippen LogP contribution < -0.4 is 16.8 Å². The molecular formula is C15H23N7O3. The highest BCUT2D eigenvalue weighted by Crippen LogP contribution is 2.37. The molecule has 1 fully saturated rings. The van der Waals surface area contributed by atoms with Crippen molar-refractivity contribution < 1.29 is 14.9 Å². The first-order valence-corrected chi connectivity index (χ1v) is 8.07. The fourth-order valence-corrected chi connectivity index (χ4v) is 3.13. The normalized spacial score (nSPS) is 29.8. The van der Waals surface area contributed by atoms with Crippen molar-refractivity contribution in [1.29, 1.82) is 0 Å². The molecular weight excluding hydrogens is 326 g/mol. The predicted molar refractivity (Wildman–Crippen MR) is 91.1 cm³/mol. The Labute approximate surface area is 144 Å². The standard InChI is InChI=1S/C15H23N7O3/c1-18-15(22-8-21-10-13(17)19-7-20-14(10)22)12(24)11(23)9(25-15)5-3-2-4-6-16/h2,4,7-9,11-12,18,23-24H,3,5-6,16H2,1H3,(H2,17,19,20)/t9-,11-,12-,15+/m1/s1. The number of hydrogen-bond donors (Lipinski definition) is 5. The number of aliphatic hydroxyl groups is 2. The Kier molecular flexibility index (Phi) is 4.97. The monoisotopic (exact) mass is 349 g/mol. The third-order valence-electron chi connectivity index (χ3n) is 4.43. The zero-order valence-electron chi connectivity index (χ0n) is 13.9.